The Morgan fingerprint density at radius 3 is 2.31 bits per heavy atom. The lowest BCUT2D eigenvalue weighted by Gasteiger charge is -2.19. The van der Waals surface area contributed by atoms with Crippen molar-refractivity contribution in [3.8, 4) is 5.75 Å². The van der Waals surface area contributed by atoms with Gasteiger partial charge < -0.3 is 10.1 Å². The van der Waals surface area contributed by atoms with Gasteiger partial charge in [0.15, 0.2) is 0 Å². The van der Waals surface area contributed by atoms with Crippen LogP contribution in [-0.4, -0.2) is 19.1 Å². The molecule has 140 valence electrons. The van der Waals surface area contributed by atoms with Crippen LogP contribution in [0.5, 0.6) is 5.75 Å². The number of rotatable bonds is 6. The first kappa shape index (κ1) is 20.0. The summed E-state index contributed by atoms with van der Waals surface area (Å²) >= 11 is 0. The summed E-state index contributed by atoms with van der Waals surface area (Å²) in [5, 5.41) is 2.93. The monoisotopic (exact) mass is 353 g/mol. The molecule has 0 atom stereocenters. The van der Waals surface area contributed by atoms with Crippen LogP contribution in [0, 0.1) is 6.92 Å². The molecule has 2 aromatic rings. The highest BCUT2D eigenvalue weighted by Gasteiger charge is 2.14. The van der Waals surface area contributed by atoms with Gasteiger partial charge in [-0.05, 0) is 53.1 Å². The number of nitrogens with one attached hydrogen (secondary N) is 1. The zero-order valence-electron chi connectivity index (χ0n) is 16.8. The van der Waals surface area contributed by atoms with Crippen LogP contribution in [0.4, 0.5) is 0 Å². The number of hydrogen-bond donors (Lipinski definition) is 1. The fourth-order valence-corrected chi connectivity index (χ4v) is 2.79. The van der Waals surface area contributed by atoms with Crippen molar-refractivity contribution in [2.75, 3.05) is 13.2 Å². The zero-order valence-corrected chi connectivity index (χ0v) is 16.8. The summed E-state index contributed by atoms with van der Waals surface area (Å²) in [6, 6.07) is 14.1. The Balaban J connectivity index is 1.88. The van der Waals surface area contributed by atoms with Gasteiger partial charge in [-0.3, -0.25) is 4.79 Å². The second-order valence-electron chi connectivity index (χ2n) is 8.13. The molecule has 2 aromatic carbocycles. The second-order valence-corrected chi connectivity index (χ2v) is 8.13. The van der Waals surface area contributed by atoms with Crippen molar-refractivity contribution in [2.45, 2.75) is 52.9 Å². The molecule has 0 unspecified atom stereocenters. The minimum Gasteiger partial charge on any atom is -0.491 e. The number of carbonyl (C=O) groups excluding carboxylic acids is 1. The smallest absolute Gasteiger partial charge is 0.251 e. The Labute approximate surface area is 157 Å². The highest BCUT2D eigenvalue weighted by atomic mass is 16.5. The van der Waals surface area contributed by atoms with Gasteiger partial charge in [0.2, 0.25) is 0 Å². The molecule has 0 bridgehead atoms. The average molecular weight is 354 g/mol. The summed E-state index contributed by atoms with van der Waals surface area (Å²) in [7, 11) is 0. The Morgan fingerprint density at radius 2 is 1.73 bits per heavy atom. The van der Waals surface area contributed by atoms with Gasteiger partial charge in [-0.15, -0.1) is 0 Å². The molecule has 0 radical (unpaired) electrons. The van der Waals surface area contributed by atoms with Crippen molar-refractivity contribution in [3.63, 3.8) is 0 Å². The molecule has 0 aromatic heterocycles. The Morgan fingerprint density at radius 1 is 1.08 bits per heavy atom. The van der Waals surface area contributed by atoms with Gasteiger partial charge in [0, 0.05) is 5.56 Å². The molecule has 26 heavy (non-hydrogen) atoms. The van der Waals surface area contributed by atoms with Crippen molar-refractivity contribution in [3.05, 3.63) is 64.7 Å². The first-order valence-corrected chi connectivity index (χ1v) is 9.30. The summed E-state index contributed by atoms with van der Waals surface area (Å²) in [6.07, 6.45) is 0. The number of ether oxygens (including phenoxy) is 1. The van der Waals surface area contributed by atoms with Crippen LogP contribution in [0.25, 0.3) is 0 Å². The van der Waals surface area contributed by atoms with Crippen LogP contribution >= 0.6 is 0 Å². The Hall–Kier alpha value is -2.29. The van der Waals surface area contributed by atoms with E-state index in [0.29, 0.717) is 24.6 Å². The summed E-state index contributed by atoms with van der Waals surface area (Å²) in [5.74, 6) is 1.24. The van der Waals surface area contributed by atoms with Crippen LogP contribution in [-0.2, 0) is 5.41 Å². The van der Waals surface area contributed by atoms with Gasteiger partial charge in [0.1, 0.15) is 12.4 Å². The molecule has 0 spiro atoms. The predicted octanol–water partition coefficient (Wildman–Crippen LogP) is 5.22. The normalized spacial score (nSPS) is 11.5. The second kappa shape index (κ2) is 8.39. The molecule has 0 aliphatic carbocycles. The van der Waals surface area contributed by atoms with E-state index in [1.54, 1.807) is 0 Å². The molecule has 3 heteroatoms. The quantitative estimate of drug-likeness (QED) is 0.723. The topological polar surface area (TPSA) is 38.3 Å². The van der Waals surface area contributed by atoms with E-state index in [2.05, 4.69) is 65.1 Å². The van der Waals surface area contributed by atoms with Crippen molar-refractivity contribution >= 4 is 5.91 Å². The number of hydrogen-bond acceptors (Lipinski definition) is 2. The van der Waals surface area contributed by atoms with Crippen molar-refractivity contribution < 1.29 is 9.53 Å². The van der Waals surface area contributed by atoms with Crippen molar-refractivity contribution in [1.82, 2.24) is 5.32 Å². The zero-order chi connectivity index (χ0) is 19.3. The highest BCUT2D eigenvalue weighted by Crippen LogP contribution is 2.27. The first-order chi connectivity index (χ1) is 12.2. The lowest BCUT2D eigenvalue weighted by atomic mass is 9.87. The molecule has 0 aliphatic heterocycles. The SMILES string of the molecule is Cc1ccc(C(C)C)c(OCCNC(=O)c2ccc(C(C)(C)C)cc2)c1. The third-order valence-corrected chi connectivity index (χ3v) is 4.45. The Bertz CT molecular complexity index is 740. The molecule has 3 nitrogen and oxygen atoms in total. The van der Waals surface area contributed by atoms with E-state index in [1.165, 1.54) is 16.7 Å². The molecular weight excluding hydrogens is 322 g/mol. The van der Waals surface area contributed by atoms with E-state index >= 15 is 0 Å². The maximum absolute atomic E-state index is 12.3. The van der Waals surface area contributed by atoms with Crippen molar-refractivity contribution in [2.24, 2.45) is 0 Å². The fourth-order valence-electron chi connectivity index (χ4n) is 2.79. The number of carbonyl (C=O) groups is 1. The number of amides is 1. The van der Waals surface area contributed by atoms with E-state index in [4.69, 9.17) is 4.74 Å². The molecule has 1 amide bonds. The third kappa shape index (κ3) is 5.35. The minimum atomic E-state index is -0.0672. The lowest BCUT2D eigenvalue weighted by Crippen LogP contribution is -2.28. The van der Waals surface area contributed by atoms with E-state index in [-0.39, 0.29) is 11.3 Å². The predicted molar refractivity (Wildman–Crippen MR) is 108 cm³/mol. The molecule has 0 aliphatic rings. The van der Waals surface area contributed by atoms with Crippen molar-refractivity contribution in [1.29, 1.82) is 0 Å². The summed E-state index contributed by atoms with van der Waals surface area (Å²) in [4.78, 5) is 12.3. The van der Waals surface area contributed by atoms with Gasteiger partial charge in [-0.25, -0.2) is 0 Å². The maximum Gasteiger partial charge on any atom is 0.251 e. The largest absolute Gasteiger partial charge is 0.491 e. The van der Waals surface area contributed by atoms with Crippen LogP contribution in [0.1, 0.15) is 67.6 Å². The van der Waals surface area contributed by atoms with Gasteiger partial charge in [-0.1, -0.05) is 58.9 Å². The highest BCUT2D eigenvalue weighted by molar-refractivity contribution is 5.94. The number of aryl methyl sites for hydroxylation is 1. The summed E-state index contributed by atoms with van der Waals surface area (Å²) < 4.78 is 5.91. The molecular formula is C23H31NO2. The third-order valence-electron chi connectivity index (χ3n) is 4.45. The first-order valence-electron chi connectivity index (χ1n) is 9.30. The van der Waals surface area contributed by atoms with Gasteiger partial charge >= 0.3 is 0 Å². The van der Waals surface area contributed by atoms with Gasteiger partial charge in [0.05, 0.1) is 6.54 Å². The van der Waals surface area contributed by atoms with E-state index in [9.17, 15) is 4.79 Å². The fraction of sp³-hybridized carbons (Fsp3) is 0.435. The molecule has 1 N–H and O–H groups in total. The standard InChI is InChI=1S/C23H31NO2/c1-16(2)20-12-7-17(3)15-21(20)26-14-13-24-22(25)18-8-10-19(11-9-18)23(4,5)6/h7-12,15-16H,13-14H2,1-6H3,(H,24,25). The van der Waals surface area contributed by atoms with E-state index in [1.807, 2.05) is 24.3 Å². The van der Waals surface area contributed by atoms with Gasteiger partial charge in [-0.2, -0.15) is 0 Å². The number of benzene rings is 2. The van der Waals surface area contributed by atoms with Crippen LogP contribution in [0.15, 0.2) is 42.5 Å². The average Bonchev–Trinajstić information content (AvgIpc) is 2.57. The minimum absolute atomic E-state index is 0.0672. The molecule has 0 saturated carbocycles. The van der Waals surface area contributed by atoms with Crippen LogP contribution in [0.2, 0.25) is 0 Å². The van der Waals surface area contributed by atoms with Crippen LogP contribution in [0.3, 0.4) is 0 Å². The summed E-state index contributed by atoms with van der Waals surface area (Å²) in [5.41, 5.74) is 4.35. The maximum atomic E-state index is 12.3. The molecule has 0 fully saturated rings. The van der Waals surface area contributed by atoms with Crippen LogP contribution < -0.4 is 10.1 Å². The molecule has 0 saturated heterocycles. The van der Waals surface area contributed by atoms with Gasteiger partial charge in [0.25, 0.3) is 5.91 Å². The lowest BCUT2D eigenvalue weighted by molar-refractivity contribution is 0.0947. The van der Waals surface area contributed by atoms with E-state index < -0.39 is 0 Å². The summed E-state index contributed by atoms with van der Waals surface area (Å²) in [6.45, 7) is 13.8. The van der Waals surface area contributed by atoms with E-state index in [0.717, 1.165) is 5.75 Å². The molecule has 0 heterocycles. The molecule has 2 rings (SSSR count). The Kier molecular flexibility index (Phi) is 6.47.